The van der Waals surface area contributed by atoms with Crippen LogP contribution in [-0.2, 0) is 17.8 Å². The summed E-state index contributed by atoms with van der Waals surface area (Å²) in [7, 11) is 0. The van der Waals surface area contributed by atoms with Gasteiger partial charge in [0.2, 0.25) is 5.91 Å². The van der Waals surface area contributed by atoms with E-state index in [0.717, 1.165) is 29.8 Å². The first-order chi connectivity index (χ1) is 18.2. The standard InChI is InChI=1S/C31H31N3O3/c35-30(34-27-18-16-26(17-19-27)31(36)33-22-25-11-5-2-6-12-25)23-32-28-14-7-15-29(21-28)37-20-8-13-24-9-3-1-4-10-24/h1-7,9-12,14-19,21,32H,8,13,20,22-23H2,(H,33,36)(H,34,35). The molecular weight excluding hydrogens is 462 g/mol. The molecule has 0 unspecified atom stereocenters. The van der Waals surface area contributed by atoms with E-state index in [9.17, 15) is 9.59 Å². The van der Waals surface area contributed by atoms with Crippen molar-refractivity contribution in [2.45, 2.75) is 19.4 Å². The predicted octanol–water partition coefficient (Wildman–Crippen LogP) is 5.68. The third-order valence-corrected chi connectivity index (χ3v) is 5.74. The summed E-state index contributed by atoms with van der Waals surface area (Å²) in [5, 5.41) is 8.87. The first-order valence-corrected chi connectivity index (χ1v) is 12.4. The van der Waals surface area contributed by atoms with Crippen LogP contribution in [0.4, 0.5) is 11.4 Å². The van der Waals surface area contributed by atoms with Gasteiger partial charge in [-0.2, -0.15) is 0 Å². The maximum atomic E-state index is 12.4. The molecule has 6 heteroatoms. The summed E-state index contributed by atoms with van der Waals surface area (Å²) in [5.74, 6) is 0.417. The van der Waals surface area contributed by atoms with Crippen molar-refractivity contribution in [3.63, 3.8) is 0 Å². The Hall–Kier alpha value is -4.58. The van der Waals surface area contributed by atoms with E-state index in [-0.39, 0.29) is 18.4 Å². The van der Waals surface area contributed by atoms with E-state index in [0.29, 0.717) is 24.4 Å². The summed E-state index contributed by atoms with van der Waals surface area (Å²) in [6.45, 7) is 1.19. The molecule has 0 saturated carbocycles. The fourth-order valence-corrected chi connectivity index (χ4v) is 3.78. The highest BCUT2D eigenvalue weighted by molar-refractivity contribution is 5.96. The summed E-state index contributed by atoms with van der Waals surface area (Å²) < 4.78 is 5.87. The summed E-state index contributed by atoms with van der Waals surface area (Å²) in [4.78, 5) is 24.8. The predicted molar refractivity (Wildman–Crippen MR) is 148 cm³/mol. The number of anilines is 2. The molecule has 6 nitrogen and oxygen atoms in total. The maximum absolute atomic E-state index is 12.4. The lowest BCUT2D eigenvalue weighted by atomic mass is 10.1. The number of carbonyl (C=O) groups is 2. The quantitative estimate of drug-likeness (QED) is 0.222. The normalized spacial score (nSPS) is 10.4. The molecular formula is C31H31N3O3. The molecule has 4 aromatic carbocycles. The van der Waals surface area contributed by atoms with Crippen molar-refractivity contribution < 1.29 is 14.3 Å². The minimum Gasteiger partial charge on any atom is -0.494 e. The molecule has 0 aliphatic heterocycles. The highest BCUT2D eigenvalue weighted by Gasteiger charge is 2.07. The first-order valence-electron chi connectivity index (χ1n) is 12.4. The molecule has 0 atom stereocenters. The van der Waals surface area contributed by atoms with E-state index in [1.807, 2.05) is 72.8 Å². The Morgan fingerprint density at radius 1 is 0.703 bits per heavy atom. The average molecular weight is 494 g/mol. The van der Waals surface area contributed by atoms with Gasteiger partial charge in [-0.25, -0.2) is 0 Å². The number of hydrogen-bond donors (Lipinski definition) is 3. The minimum absolute atomic E-state index is 0.108. The van der Waals surface area contributed by atoms with E-state index in [2.05, 4.69) is 28.1 Å². The average Bonchev–Trinajstić information content (AvgIpc) is 2.95. The van der Waals surface area contributed by atoms with E-state index in [1.165, 1.54) is 5.56 Å². The number of carbonyl (C=O) groups excluding carboxylic acids is 2. The second-order valence-corrected chi connectivity index (χ2v) is 8.61. The summed E-state index contributed by atoms with van der Waals surface area (Å²) in [6.07, 6.45) is 1.90. The van der Waals surface area contributed by atoms with Crippen molar-refractivity contribution in [3.8, 4) is 5.75 Å². The number of benzene rings is 4. The highest BCUT2D eigenvalue weighted by Crippen LogP contribution is 2.18. The van der Waals surface area contributed by atoms with E-state index in [4.69, 9.17) is 4.74 Å². The maximum Gasteiger partial charge on any atom is 0.251 e. The largest absolute Gasteiger partial charge is 0.494 e. The number of hydrogen-bond acceptors (Lipinski definition) is 4. The van der Waals surface area contributed by atoms with Crippen LogP contribution in [0, 0.1) is 0 Å². The van der Waals surface area contributed by atoms with Crippen LogP contribution in [0.3, 0.4) is 0 Å². The second kappa shape index (κ2) is 13.5. The summed E-state index contributed by atoms with van der Waals surface area (Å²) in [5.41, 5.74) is 4.30. The number of ether oxygens (including phenoxy) is 1. The molecule has 0 aliphatic rings. The van der Waals surface area contributed by atoms with Gasteiger partial charge in [-0.1, -0.05) is 66.7 Å². The van der Waals surface area contributed by atoms with Gasteiger partial charge in [-0.3, -0.25) is 9.59 Å². The van der Waals surface area contributed by atoms with Crippen molar-refractivity contribution in [1.82, 2.24) is 5.32 Å². The van der Waals surface area contributed by atoms with Crippen LogP contribution < -0.4 is 20.7 Å². The monoisotopic (exact) mass is 493 g/mol. The van der Waals surface area contributed by atoms with Crippen LogP contribution in [0.25, 0.3) is 0 Å². The van der Waals surface area contributed by atoms with Crippen molar-refractivity contribution in [2.24, 2.45) is 0 Å². The van der Waals surface area contributed by atoms with Crippen molar-refractivity contribution in [1.29, 1.82) is 0 Å². The molecule has 0 bridgehead atoms. The van der Waals surface area contributed by atoms with Crippen LogP contribution in [0.2, 0.25) is 0 Å². The number of nitrogens with one attached hydrogen (secondary N) is 3. The Morgan fingerprint density at radius 3 is 2.14 bits per heavy atom. The van der Waals surface area contributed by atoms with Gasteiger partial charge in [0.25, 0.3) is 5.91 Å². The lowest BCUT2D eigenvalue weighted by Gasteiger charge is -2.11. The van der Waals surface area contributed by atoms with Gasteiger partial charge in [0.15, 0.2) is 0 Å². The molecule has 0 radical (unpaired) electrons. The van der Waals surface area contributed by atoms with Crippen LogP contribution in [0.15, 0.2) is 109 Å². The second-order valence-electron chi connectivity index (χ2n) is 8.61. The molecule has 0 fully saturated rings. The number of amides is 2. The molecule has 188 valence electrons. The van der Waals surface area contributed by atoms with Gasteiger partial charge in [-0.05, 0) is 60.4 Å². The molecule has 2 amide bonds. The third kappa shape index (κ3) is 8.54. The lowest BCUT2D eigenvalue weighted by molar-refractivity contribution is -0.114. The number of rotatable bonds is 12. The van der Waals surface area contributed by atoms with Crippen LogP contribution in [0.1, 0.15) is 27.9 Å². The molecule has 37 heavy (non-hydrogen) atoms. The van der Waals surface area contributed by atoms with E-state index in [1.54, 1.807) is 24.3 Å². The van der Waals surface area contributed by atoms with Crippen molar-refractivity contribution in [2.75, 3.05) is 23.8 Å². The fraction of sp³-hybridized carbons (Fsp3) is 0.161. The van der Waals surface area contributed by atoms with Gasteiger partial charge in [0.1, 0.15) is 5.75 Å². The van der Waals surface area contributed by atoms with Crippen LogP contribution >= 0.6 is 0 Å². The topological polar surface area (TPSA) is 79.5 Å². The number of aryl methyl sites for hydroxylation is 1. The Labute approximate surface area is 217 Å². The van der Waals surface area contributed by atoms with Gasteiger partial charge >= 0.3 is 0 Å². The van der Waals surface area contributed by atoms with Crippen LogP contribution in [0.5, 0.6) is 5.75 Å². The Balaban J connectivity index is 1.18. The van der Waals surface area contributed by atoms with Crippen molar-refractivity contribution >= 4 is 23.2 Å². The van der Waals surface area contributed by atoms with E-state index < -0.39 is 0 Å². The fourth-order valence-electron chi connectivity index (χ4n) is 3.78. The zero-order chi connectivity index (χ0) is 25.7. The molecule has 0 spiro atoms. The lowest BCUT2D eigenvalue weighted by Crippen LogP contribution is -2.23. The zero-order valence-corrected chi connectivity index (χ0v) is 20.7. The summed E-state index contributed by atoms with van der Waals surface area (Å²) >= 11 is 0. The highest BCUT2D eigenvalue weighted by atomic mass is 16.5. The molecule has 0 aliphatic carbocycles. The first kappa shape index (κ1) is 25.5. The Kier molecular flexibility index (Phi) is 9.30. The molecule has 0 aromatic heterocycles. The van der Waals surface area contributed by atoms with E-state index >= 15 is 0 Å². The van der Waals surface area contributed by atoms with Gasteiger partial charge in [0.05, 0.1) is 13.2 Å². The Morgan fingerprint density at radius 2 is 1.41 bits per heavy atom. The molecule has 0 saturated heterocycles. The zero-order valence-electron chi connectivity index (χ0n) is 20.7. The molecule has 4 rings (SSSR count). The SMILES string of the molecule is O=C(CNc1cccc(OCCCc2ccccc2)c1)Nc1ccc(C(=O)NCc2ccccc2)cc1. The minimum atomic E-state index is -0.185. The summed E-state index contributed by atoms with van der Waals surface area (Å²) in [6, 6.07) is 34.5. The smallest absolute Gasteiger partial charge is 0.251 e. The Bertz CT molecular complexity index is 1280. The molecule has 3 N–H and O–H groups in total. The molecule has 4 aromatic rings. The third-order valence-electron chi connectivity index (χ3n) is 5.74. The van der Waals surface area contributed by atoms with Gasteiger partial charge in [0, 0.05) is 29.5 Å². The molecule has 0 heterocycles. The van der Waals surface area contributed by atoms with Crippen LogP contribution in [-0.4, -0.2) is 25.0 Å². The van der Waals surface area contributed by atoms with Gasteiger partial charge in [-0.15, -0.1) is 0 Å². The van der Waals surface area contributed by atoms with Gasteiger partial charge < -0.3 is 20.7 Å². The van der Waals surface area contributed by atoms with Crippen molar-refractivity contribution in [3.05, 3.63) is 126 Å².